The molecule has 0 saturated heterocycles. The highest BCUT2D eigenvalue weighted by molar-refractivity contribution is 5.96. The Morgan fingerprint density at radius 2 is 1.15 bits per heavy atom. The first-order valence-electron chi connectivity index (χ1n) is 6.78. The molecule has 0 amide bonds. The van der Waals surface area contributed by atoms with E-state index in [2.05, 4.69) is 72.5 Å². The molecule has 0 N–H and O–H groups in total. The highest BCUT2D eigenvalue weighted by Gasteiger charge is 2.12. The van der Waals surface area contributed by atoms with E-state index in [4.69, 9.17) is 0 Å². The fraction of sp³-hybridized carbons (Fsp3) is 0.111. The summed E-state index contributed by atoms with van der Waals surface area (Å²) in [4.78, 5) is 0. The molecule has 20 heavy (non-hydrogen) atoms. The minimum atomic E-state index is 1.04. The Kier molecular flexibility index (Phi) is 2.01. The molecular formula is C18H16N2. The average molecular weight is 260 g/mol. The van der Waals surface area contributed by atoms with Crippen molar-refractivity contribution in [2.45, 2.75) is 13.8 Å². The van der Waals surface area contributed by atoms with Crippen LogP contribution in [0.15, 0.2) is 36.7 Å². The summed E-state index contributed by atoms with van der Waals surface area (Å²) in [5, 5.41) is 4.53. The monoisotopic (exact) mass is 260 g/mol. The van der Waals surface area contributed by atoms with Crippen LogP contribution < -0.4 is 10.7 Å². The maximum Gasteiger partial charge on any atom is 0.0492 e. The standard InChI is InChI=1S/C18H16N2/c1-11-15-7-5-9-19(15)14(4)18-12(2)16-8-6-10-20(16)13(3)17(11)18/h5-10H,3-4H2,1-2H3. The lowest BCUT2D eigenvalue weighted by atomic mass is 10.0. The third-order valence-corrected chi connectivity index (χ3v) is 4.42. The van der Waals surface area contributed by atoms with Crippen molar-refractivity contribution in [3.63, 3.8) is 0 Å². The van der Waals surface area contributed by atoms with Gasteiger partial charge in [-0.25, -0.2) is 0 Å². The zero-order chi connectivity index (χ0) is 14.0. The van der Waals surface area contributed by atoms with Crippen LogP contribution in [0.5, 0.6) is 0 Å². The van der Waals surface area contributed by atoms with Gasteiger partial charge in [0.25, 0.3) is 0 Å². The zero-order valence-electron chi connectivity index (χ0n) is 11.8. The summed E-state index contributed by atoms with van der Waals surface area (Å²) >= 11 is 0. The average Bonchev–Trinajstić information content (AvgIpc) is 3.08. The number of aromatic nitrogens is 2. The summed E-state index contributed by atoms with van der Waals surface area (Å²) in [5.74, 6) is 0. The summed E-state index contributed by atoms with van der Waals surface area (Å²) in [6.45, 7) is 13.0. The Hall–Kier alpha value is -2.48. The Morgan fingerprint density at radius 1 is 0.750 bits per heavy atom. The number of rotatable bonds is 0. The molecule has 4 aromatic heterocycles. The first-order valence-corrected chi connectivity index (χ1v) is 6.78. The van der Waals surface area contributed by atoms with Crippen LogP contribution in [0.2, 0.25) is 0 Å². The summed E-state index contributed by atoms with van der Waals surface area (Å²) in [6, 6.07) is 8.41. The van der Waals surface area contributed by atoms with E-state index in [9.17, 15) is 0 Å². The van der Waals surface area contributed by atoms with Crippen molar-refractivity contribution < 1.29 is 0 Å². The molecule has 0 bridgehead atoms. The molecule has 0 spiro atoms. The van der Waals surface area contributed by atoms with Crippen LogP contribution in [0.1, 0.15) is 11.1 Å². The quantitative estimate of drug-likeness (QED) is 0.460. The zero-order valence-corrected chi connectivity index (χ0v) is 11.8. The van der Waals surface area contributed by atoms with Gasteiger partial charge in [-0.1, -0.05) is 13.2 Å². The number of fused-ring (bicyclic) bond motifs is 3. The number of hydrogen-bond donors (Lipinski definition) is 0. The van der Waals surface area contributed by atoms with E-state index in [1.165, 1.54) is 32.9 Å². The first kappa shape index (κ1) is 11.4. The fourth-order valence-corrected chi connectivity index (χ4v) is 3.44. The van der Waals surface area contributed by atoms with Gasteiger partial charge in [0.2, 0.25) is 0 Å². The maximum atomic E-state index is 4.31. The molecule has 0 atom stereocenters. The highest BCUT2D eigenvalue weighted by atomic mass is 14.9. The van der Waals surface area contributed by atoms with E-state index >= 15 is 0 Å². The number of hydrogen-bond acceptors (Lipinski definition) is 0. The molecule has 0 aromatic carbocycles. The van der Waals surface area contributed by atoms with Crippen LogP contribution in [0.25, 0.3) is 35.0 Å². The van der Waals surface area contributed by atoms with Crippen LogP contribution >= 0.6 is 0 Å². The van der Waals surface area contributed by atoms with Crippen LogP contribution in [0, 0.1) is 13.8 Å². The maximum absolute atomic E-state index is 4.31. The summed E-state index contributed by atoms with van der Waals surface area (Å²) < 4.78 is 4.34. The summed E-state index contributed by atoms with van der Waals surface area (Å²) in [7, 11) is 0. The molecule has 0 radical (unpaired) electrons. The Labute approximate surface area is 116 Å². The second-order valence-electron chi connectivity index (χ2n) is 5.42. The lowest BCUT2D eigenvalue weighted by Crippen LogP contribution is -2.21. The van der Waals surface area contributed by atoms with Gasteiger partial charge in [0, 0.05) is 44.9 Å². The summed E-state index contributed by atoms with van der Waals surface area (Å²) in [5.41, 5.74) is 4.94. The number of aryl methyl sites for hydroxylation is 2. The van der Waals surface area contributed by atoms with Crippen molar-refractivity contribution >= 4 is 35.0 Å². The van der Waals surface area contributed by atoms with E-state index in [-0.39, 0.29) is 0 Å². The molecular weight excluding hydrogens is 244 g/mol. The van der Waals surface area contributed by atoms with Crippen molar-refractivity contribution in [1.29, 1.82) is 0 Å². The van der Waals surface area contributed by atoms with Crippen molar-refractivity contribution in [1.82, 2.24) is 8.80 Å². The van der Waals surface area contributed by atoms with E-state index < -0.39 is 0 Å². The number of pyridine rings is 2. The number of nitrogens with zero attached hydrogens (tertiary/aromatic N) is 2. The molecule has 0 unspecified atom stereocenters. The molecule has 4 heterocycles. The Morgan fingerprint density at radius 3 is 1.55 bits per heavy atom. The molecule has 98 valence electrons. The van der Waals surface area contributed by atoms with E-state index in [1.54, 1.807) is 0 Å². The topological polar surface area (TPSA) is 8.82 Å². The van der Waals surface area contributed by atoms with Crippen molar-refractivity contribution in [3.8, 4) is 0 Å². The predicted octanol–water partition coefficient (Wildman–Crippen LogP) is 2.78. The molecule has 2 heteroatoms. The van der Waals surface area contributed by atoms with Gasteiger partial charge < -0.3 is 8.80 Å². The van der Waals surface area contributed by atoms with E-state index in [0.717, 1.165) is 10.7 Å². The van der Waals surface area contributed by atoms with Gasteiger partial charge in [0.15, 0.2) is 0 Å². The van der Waals surface area contributed by atoms with Gasteiger partial charge in [-0.2, -0.15) is 0 Å². The van der Waals surface area contributed by atoms with E-state index in [0.29, 0.717) is 0 Å². The molecule has 0 fully saturated rings. The molecule has 4 rings (SSSR count). The van der Waals surface area contributed by atoms with Crippen molar-refractivity contribution in [3.05, 3.63) is 58.5 Å². The second-order valence-corrected chi connectivity index (χ2v) is 5.42. The van der Waals surface area contributed by atoms with Gasteiger partial charge in [-0.3, -0.25) is 0 Å². The smallest absolute Gasteiger partial charge is 0.0492 e. The predicted molar refractivity (Wildman–Crippen MR) is 85.6 cm³/mol. The third-order valence-electron chi connectivity index (χ3n) is 4.42. The second kappa shape index (κ2) is 3.54. The SMILES string of the molecule is C=c1c2c(C)c3cccn3c(=C)c2c(C)c2cccn12. The highest BCUT2D eigenvalue weighted by Crippen LogP contribution is 2.22. The van der Waals surface area contributed by atoms with Gasteiger partial charge in [-0.05, 0) is 49.2 Å². The van der Waals surface area contributed by atoms with Gasteiger partial charge in [0.1, 0.15) is 0 Å². The van der Waals surface area contributed by atoms with Crippen molar-refractivity contribution in [2.24, 2.45) is 0 Å². The van der Waals surface area contributed by atoms with Crippen LogP contribution in [0.4, 0.5) is 0 Å². The normalized spacial score (nSPS) is 11.9. The minimum absolute atomic E-state index is 1.04. The molecule has 0 aliphatic heterocycles. The minimum Gasteiger partial charge on any atom is -0.317 e. The van der Waals surface area contributed by atoms with Crippen LogP contribution in [-0.2, 0) is 0 Å². The Balaban J connectivity index is 2.54. The summed E-state index contributed by atoms with van der Waals surface area (Å²) in [6.07, 6.45) is 4.16. The molecule has 2 nitrogen and oxygen atoms in total. The van der Waals surface area contributed by atoms with Crippen molar-refractivity contribution in [2.75, 3.05) is 0 Å². The van der Waals surface area contributed by atoms with Crippen LogP contribution in [0.3, 0.4) is 0 Å². The van der Waals surface area contributed by atoms with Gasteiger partial charge in [-0.15, -0.1) is 0 Å². The fourth-order valence-electron chi connectivity index (χ4n) is 3.44. The van der Waals surface area contributed by atoms with Gasteiger partial charge in [0.05, 0.1) is 0 Å². The van der Waals surface area contributed by atoms with Crippen LogP contribution in [-0.4, -0.2) is 8.80 Å². The first-order chi connectivity index (χ1) is 9.61. The molecule has 0 aliphatic rings. The van der Waals surface area contributed by atoms with E-state index in [1.807, 2.05) is 0 Å². The third kappa shape index (κ3) is 1.14. The molecule has 0 aliphatic carbocycles. The Bertz CT molecular complexity index is 1000. The largest absolute Gasteiger partial charge is 0.317 e. The molecule has 4 aromatic rings. The molecule has 0 saturated carbocycles. The lowest BCUT2D eigenvalue weighted by Gasteiger charge is -2.13. The lowest BCUT2D eigenvalue weighted by molar-refractivity contribution is 1.11. The van der Waals surface area contributed by atoms with Gasteiger partial charge >= 0.3 is 0 Å².